The van der Waals surface area contributed by atoms with Crippen LogP contribution < -0.4 is 10.5 Å². The zero-order chi connectivity index (χ0) is 15.7. The third kappa shape index (κ3) is 2.57. The second-order valence-corrected chi connectivity index (χ2v) is 6.38. The molecule has 1 amide bonds. The van der Waals surface area contributed by atoms with Crippen molar-refractivity contribution in [3.63, 3.8) is 0 Å². The Bertz CT molecular complexity index is 627. The molecule has 3 rings (SSSR count). The summed E-state index contributed by atoms with van der Waals surface area (Å²) < 4.78 is 6.65. The summed E-state index contributed by atoms with van der Waals surface area (Å²) >= 11 is 0. The number of rotatable bonds is 4. The third-order valence-corrected chi connectivity index (χ3v) is 4.81. The van der Waals surface area contributed by atoms with Crippen LogP contribution in [0.25, 0.3) is 0 Å². The maximum Gasteiger partial charge on any atom is 0.250 e. The first kappa shape index (κ1) is 15.2. The molecule has 2 aliphatic rings. The van der Waals surface area contributed by atoms with Crippen LogP contribution in [0.15, 0.2) is 23.1 Å². The lowest BCUT2D eigenvalue weighted by atomic mass is 9.72. The molecule has 1 atom stereocenters. The fourth-order valence-electron chi connectivity index (χ4n) is 3.53. The highest BCUT2D eigenvalue weighted by atomic mass is 16.5. The van der Waals surface area contributed by atoms with Crippen LogP contribution >= 0.6 is 0 Å². The van der Waals surface area contributed by atoms with Gasteiger partial charge in [0, 0.05) is 46.1 Å². The van der Waals surface area contributed by atoms with Gasteiger partial charge in [-0.1, -0.05) is 0 Å². The number of piperidine rings is 1. The molecule has 0 N–H and O–H groups in total. The number of carbonyl (C=O) groups is 1. The molecular formula is C16H23N3O3. The van der Waals surface area contributed by atoms with E-state index >= 15 is 0 Å². The Morgan fingerprint density at radius 3 is 2.77 bits per heavy atom. The van der Waals surface area contributed by atoms with Crippen molar-refractivity contribution >= 4 is 11.6 Å². The van der Waals surface area contributed by atoms with Crippen LogP contribution in [0.3, 0.4) is 0 Å². The number of hydrogen-bond acceptors (Lipinski definition) is 4. The number of carbonyl (C=O) groups excluding carboxylic acids is 1. The van der Waals surface area contributed by atoms with Gasteiger partial charge in [0.05, 0.1) is 17.7 Å². The van der Waals surface area contributed by atoms with Crippen molar-refractivity contribution in [2.45, 2.75) is 12.8 Å². The Labute approximate surface area is 130 Å². The molecule has 0 aromatic carbocycles. The number of nitrogens with zero attached hydrogens (tertiary/aromatic N) is 3. The number of aryl methyl sites for hydroxylation is 1. The number of hydrogen-bond donors (Lipinski definition) is 0. The molecule has 2 saturated heterocycles. The van der Waals surface area contributed by atoms with E-state index in [1.807, 2.05) is 0 Å². The molecule has 6 heteroatoms. The normalized spacial score (nSPS) is 25.5. The second-order valence-electron chi connectivity index (χ2n) is 6.38. The molecule has 6 nitrogen and oxygen atoms in total. The summed E-state index contributed by atoms with van der Waals surface area (Å²) in [6.45, 7) is 4.18. The zero-order valence-corrected chi connectivity index (χ0v) is 13.2. The van der Waals surface area contributed by atoms with Gasteiger partial charge in [0.15, 0.2) is 0 Å². The number of amides is 1. The molecule has 120 valence electrons. The number of methoxy groups -OCH3 is 1. The number of aromatic nitrogens is 1. The molecule has 0 saturated carbocycles. The van der Waals surface area contributed by atoms with E-state index in [-0.39, 0.29) is 16.9 Å². The first-order chi connectivity index (χ1) is 10.6. The number of β-lactam (4-membered cyclic amide) rings is 1. The van der Waals surface area contributed by atoms with Gasteiger partial charge in [-0.15, -0.1) is 0 Å². The van der Waals surface area contributed by atoms with E-state index in [1.165, 1.54) is 10.6 Å². The molecule has 0 bridgehead atoms. The summed E-state index contributed by atoms with van der Waals surface area (Å²) in [5, 5.41) is 0. The van der Waals surface area contributed by atoms with Gasteiger partial charge < -0.3 is 14.2 Å². The monoisotopic (exact) mass is 305 g/mol. The standard InChI is InChI=1S/C16H23N3O3/c1-17-10-13(4-5-14(17)20)19-12-16(15(19)21)6-3-7-18(11-16)8-9-22-2/h4-5,10H,3,6-9,11-12H2,1-2H3/t16-/m1/s1. The minimum absolute atomic E-state index is 0.0603. The Morgan fingerprint density at radius 2 is 2.09 bits per heavy atom. The highest BCUT2D eigenvalue weighted by Gasteiger charge is 2.54. The van der Waals surface area contributed by atoms with Crippen molar-refractivity contribution in [2.75, 3.05) is 44.8 Å². The first-order valence-electron chi connectivity index (χ1n) is 7.76. The van der Waals surface area contributed by atoms with Crippen molar-refractivity contribution < 1.29 is 9.53 Å². The molecule has 1 spiro atoms. The number of anilines is 1. The Morgan fingerprint density at radius 1 is 1.27 bits per heavy atom. The molecule has 22 heavy (non-hydrogen) atoms. The molecule has 0 radical (unpaired) electrons. The molecule has 1 aromatic rings. The third-order valence-electron chi connectivity index (χ3n) is 4.81. The Hall–Kier alpha value is -1.66. The Balaban J connectivity index is 1.70. The van der Waals surface area contributed by atoms with Crippen LogP contribution in [0.5, 0.6) is 0 Å². The summed E-state index contributed by atoms with van der Waals surface area (Å²) in [6.07, 6.45) is 3.74. The predicted molar refractivity (Wildman–Crippen MR) is 84.0 cm³/mol. The van der Waals surface area contributed by atoms with Gasteiger partial charge in [-0.25, -0.2) is 0 Å². The zero-order valence-electron chi connectivity index (χ0n) is 13.2. The van der Waals surface area contributed by atoms with E-state index in [4.69, 9.17) is 4.74 Å². The van der Waals surface area contributed by atoms with Gasteiger partial charge in [-0.2, -0.15) is 0 Å². The predicted octanol–water partition coefficient (Wildman–Crippen LogP) is 0.461. The van der Waals surface area contributed by atoms with E-state index < -0.39 is 0 Å². The minimum Gasteiger partial charge on any atom is -0.383 e. The molecule has 3 heterocycles. The van der Waals surface area contributed by atoms with E-state index in [1.54, 1.807) is 31.3 Å². The number of ether oxygens (including phenoxy) is 1. The summed E-state index contributed by atoms with van der Waals surface area (Å²) in [6, 6.07) is 3.25. The van der Waals surface area contributed by atoms with Gasteiger partial charge in [0.1, 0.15) is 0 Å². The average Bonchev–Trinajstić information content (AvgIpc) is 2.53. The molecule has 2 fully saturated rings. The van der Waals surface area contributed by atoms with Crippen LogP contribution in [0.1, 0.15) is 12.8 Å². The summed E-state index contributed by atoms with van der Waals surface area (Å²) in [7, 11) is 3.41. The SMILES string of the molecule is COCCN1CCC[C@@]2(C1)CN(c1ccc(=O)n(C)c1)C2=O. The van der Waals surface area contributed by atoms with E-state index in [0.717, 1.165) is 44.7 Å². The highest BCUT2D eigenvalue weighted by Crippen LogP contribution is 2.42. The number of likely N-dealkylation sites (tertiary alicyclic amines) is 1. The quantitative estimate of drug-likeness (QED) is 0.759. The fraction of sp³-hybridized carbons (Fsp3) is 0.625. The topological polar surface area (TPSA) is 54.8 Å². The van der Waals surface area contributed by atoms with Crippen LogP contribution in [-0.2, 0) is 16.6 Å². The van der Waals surface area contributed by atoms with Gasteiger partial charge in [0.25, 0.3) is 0 Å². The maximum absolute atomic E-state index is 12.7. The lowest BCUT2D eigenvalue weighted by Gasteiger charge is -2.53. The van der Waals surface area contributed by atoms with Gasteiger partial charge in [-0.05, 0) is 25.5 Å². The highest BCUT2D eigenvalue weighted by molar-refractivity contribution is 6.04. The van der Waals surface area contributed by atoms with Crippen LogP contribution in [0, 0.1) is 5.41 Å². The van der Waals surface area contributed by atoms with Gasteiger partial charge in [-0.3, -0.25) is 14.5 Å². The van der Waals surface area contributed by atoms with Gasteiger partial charge in [0.2, 0.25) is 11.5 Å². The summed E-state index contributed by atoms with van der Waals surface area (Å²) in [4.78, 5) is 28.3. The fourth-order valence-corrected chi connectivity index (χ4v) is 3.53. The molecular weight excluding hydrogens is 282 g/mol. The maximum atomic E-state index is 12.7. The Kier molecular flexibility index (Phi) is 4.06. The smallest absolute Gasteiger partial charge is 0.250 e. The van der Waals surface area contributed by atoms with Crippen molar-refractivity contribution in [3.8, 4) is 0 Å². The van der Waals surface area contributed by atoms with Crippen LogP contribution in [-0.4, -0.2) is 55.3 Å². The van der Waals surface area contributed by atoms with E-state index in [9.17, 15) is 9.59 Å². The van der Waals surface area contributed by atoms with E-state index in [2.05, 4.69) is 4.90 Å². The molecule has 0 aliphatic carbocycles. The van der Waals surface area contributed by atoms with Crippen LogP contribution in [0.2, 0.25) is 0 Å². The molecule has 1 aromatic heterocycles. The largest absolute Gasteiger partial charge is 0.383 e. The summed E-state index contributed by atoms with van der Waals surface area (Å²) in [5.74, 6) is 0.188. The van der Waals surface area contributed by atoms with Crippen molar-refractivity contribution in [2.24, 2.45) is 12.5 Å². The average molecular weight is 305 g/mol. The molecule has 2 aliphatic heterocycles. The molecule has 0 unspecified atom stereocenters. The van der Waals surface area contributed by atoms with Crippen molar-refractivity contribution in [1.29, 1.82) is 0 Å². The van der Waals surface area contributed by atoms with Crippen molar-refractivity contribution in [1.82, 2.24) is 9.47 Å². The lowest BCUT2D eigenvalue weighted by Crippen LogP contribution is -2.67. The second kappa shape index (κ2) is 5.85. The van der Waals surface area contributed by atoms with E-state index in [0.29, 0.717) is 6.61 Å². The van der Waals surface area contributed by atoms with Crippen LogP contribution in [0.4, 0.5) is 5.69 Å². The summed E-state index contributed by atoms with van der Waals surface area (Å²) in [5.41, 5.74) is 0.516. The number of pyridine rings is 1. The van der Waals surface area contributed by atoms with Gasteiger partial charge >= 0.3 is 0 Å². The first-order valence-corrected chi connectivity index (χ1v) is 7.76. The minimum atomic E-state index is -0.235. The van der Waals surface area contributed by atoms with Crippen molar-refractivity contribution in [3.05, 3.63) is 28.7 Å². The lowest BCUT2D eigenvalue weighted by molar-refractivity contribution is -0.139.